The summed E-state index contributed by atoms with van der Waals surface area (Å²) in [5.74, 6) is -0.910. The first kappa shape index (κ1) is 15.4. The third-order valence-corrected chi connectivity index (χ3v) is 3.79. The largest absolute Gasteiger partial charge is 0.478 e. The quantitative estimate of drug-likeness (QED) is 0.825. The maximum absolute atomic E-state index is 11.2. The first-order valence-corrected chi connectivity index (χ1v) is 7.25. The van der Waals surface area contributed by atoms with E-state index < -0.39 is 5.97 Å². The van der Waals surface area contributed by atoms with Crippen LogP contribution in [-0.2, 0) is 0 Å². The van der Waals surface area contributed by atoms with Gasteiger partial charge in [-0.2, -0.15) is 0 Å². The van der Waals surface area contributed by atoms with E-state index in [1.807, 2.05) is 37.3 Å². The average molecular weight is 304 g/mol. The third-order valence-electron chi connectivity index (χ3n) is 3.55. The number of rotatable bonds is 5. The number of anilines is 1. The third kappa shape index (κ3) is 3.56. The van der Waals surface area contributed by atoms with Gasteiger partial charge in [-0.15, -0.1) is 0 Å². The molecule has 0 bridgehead atoms. The molecule has 2 aromatic rings. The summed E-state index contributed by atoms with van der Waals surface area (Å²) < 4.78 is 0. The molecule has 3 nitrogen and oxygen atoms in total. The predicted molar refractivity (Wildman–Crippen MR) is 86.2 cm³/mol. The van der Waals surface area contributed by atoms with Crippen molar-refractivity contribution in [2.75, 3.05) is 5.32 Å². The van der Waals surface area contributed by atoms with Crippen LogP contribution < -0.4 is 5.32 Å². The fourth-order valence-electron chi connectivity index (χ4n) is 2.36. The number of carboxylic acid groups (broad SMARTS) is 1. The van der Waals surface area contributed by atoms with Gasteiger partial charge < -0.3 is 10.4 Å². The van der Waals surface area contributed by atoms with Crippen molar-refractivity contribution < 1.29 is 9.90 Å². The number of benzene rings is 2. The molecule has 2 rings (SSSR count). The molecule has 0 saturated carbocycles. The van der Waals surface area contributed by atoms with E-state index >= 15 is 0 Å². The van der Waals surface area contributed by atoms with E-state index in [1.54, 1.807) is 12.1 Å². The highest BCUT2D eigenvalue weighted by molar-refractivity contribution is 6.30. The monoisotopic (exact) mass is 303 g/mol. The van der Waals surface area contributed by atoms with Crippen LogP contribution in [0.25, 0.3) is 0 Å². The van der Waals surface area contributed by atoms with Crippen molar-refractivity contribution in [1.29, 1.82) is 0 Å². The maximum Gasteiger partial charge on any atom is 0.336 e. The number of carboxylic acids is 1. The van der Waals surface area contributed by atoms with E-state index in [1.165, 1.54) is 0 Å². The van der Waals surface area contributed by atoms with Crippen LogP contribution in [0.15, 0.2) is 42.5 Å². The van der Waals surface area contributed by atoms with Crippen molar-refractivity contribution in [3.63, 3.8) is 0 Å². The van der Waals surface area contributed by atoms with Gasteiger partial charge in [0.15, 0.2) is 0 Å². The van der Waals surface area contributed by atoms with Gasteiger partial charge in [-0.05, 0) is 48.7 Å². The molecule has 1 atom stereocenters. The van der Waals surface area contributed by atoms with E-state index in [9.17, 15) is 9.90 Å². The fraction of sp³-hybridized carbons (Fsp3) is 0.235. The SMILES string of the molecule is CCC(Nc1cccc(C(=O)O)c1C)c1cccc(Cl)c1. The number of nitrogens with one attached hydrogen (secondary N) is 1. The molecule has 0 aliphatic heterocycles. The van der Waals surface area contributed by atoms with Crippen molar-refractivity contribution in [3.05, 3.63) is 64.2 Å². The molecule has 0 spiro atoms. The molecule has 110 valence electrons. The van der Waals surface area contributed by atoms with Crippen molar-refractivity contribution >= 4 is 23.3 Å². The van der Waals surface area contributed by atoms with Gasteiger partial charge in [0.05, 0.1) is 11.6 Å². The van der Waals surface area contributed by atoms with Gasteiger partial charge in [0.25, 0.3) is 0 Å². The highest BCUT2D eigenvalue weighted by Gasteiger charge is 2.14. The van der Waals surface area contributed by atoms with Crippen molar-refractivity contribution in [3.8, 4) is 0 Å². The van der Waals surface area contributed by atoms with E-state index in [2.05, 4.69) is 12.2 Å². The number of hydrogen-bond donors (Lipinski definition) is 2. The Balaban J connectivity index is 2.31. The Labute approximate surface area is 129 Å². The second-order valence-electron chi connectivity index (χ2n) is 4.94. The standard InChI is InChI=1S/C17H18ClNO2/c1-3-15(12-6-4-7-13(18)10-12)19-16-9-5-8-14(11(16)2)17(20)21/h4-10,15,19H,3H2,1-2H3,(H,20,21). The van der Waals surface area contributed by atoms with Gasteiger partial charge in [0, 0.05) is 10.7 Å². The summed E-state index contributed by atoms with van der Waals surface area (Å²) in [6.45, 7) is 3.89. The molecule has 0 aliphatic rings. The summed E-state index contributed by atoms with van der Waals surface area (Å²) in [6, 6.07) is 13.1. The van der Waals surface area contributed by atoms with Gasteiger partial charge >= 0.3 is 5.97 Å². The molecule has 0 heterocycles. The van der Waals surface area contributed by atoms with Crippen LogP contribution in [0.4, 0.5) is 5.69 Å². The molecule has 0 radical (unpaired) electrons. The molecule has 0 aliphatic carbocycles. The van der Waals surface area contributed by atoms with Crippen LogP contribution in [0.3, 0.4) is 0 Å². The Morgan fingerprint density at radius 1 is 1.29 bits per heavy atom. The summed E-state index contributed by atoms with van der Waals surface area (Å²) in [5.41, 5.74) is 2.98. The molecule has 2 N–H and O–H groups in total. The Morgan fingerprint density at radius 2 is 2.00 bits per heavy atom. The second-order valence-corrected chi connectivity index (χ2v) is 5.38. The minimum absolute atomic E-state index is 0.0893. The van der Waals surface area contributed by atoms with Crippen molar-refractivity contribution in [1.82, 2.24) is 0 Å². The number of carbonyl (C=O) groups is 1. The van der Waals surface area contributed by atoms with Crippen LogP contribution in [0.1, 0.15) is 40.9 Å². The van der Waals surface area contributed by atoms with Gasteiger partial charge in [-0.1, -0.05) is 36.7 Å². The lowest BCUT2D eigenvalue weighted by molar-refractivity contribution is 0.0696. The lowest BCUT2D eigenvalue weighted by Gasteiger charge is -2.21. The maximum atomic E-state index is 11.2. The highest BCUT2D eigenvalue weighted by atomic mass is 35.5. The number of hydrogen-bond acceptors (Lipinski definition) is 2. The van der Waals surface area contributed by atoms with Crippen LogP contribution in [0, 0.1) is 6.92 Å². The summed E-state index contributed by atoms with van der Waals surface area (Å²) in [5, 5.41) is 13.3. The van der Waals surface area contributed by atoms with Gasteiger partial charge in [-0.3, -0.25) is 0 Å². The minimum Gasteiger partial charge on any atom is -0.478 e. The smallest absolute Gasteiger partial charge is 0.336 e. The van der Waals surface area contributed by atoms with Crippen LogP contribution in [0.5, 0.6) is 0 Å². The molecule has 4 heteroatoms. The zero-order valence-corrected chi connectivity index (χ0v) is 12.8. The number of aromatic carboxylic acids is 1. The molecular formula is C17H18ClNO2. The second kappa shape index (κ2) is 6.64. The zero-order chi connectivity index (χ0) is 15.4. The normalized spacial score (nSPS) is 12.0. The summed E-state index contributed by atoms with van der Waals surface area (Å²) in [6.07, 6.45) is 0.872. The Bertz CT molecular complexity index is 655. The molecule has 0 fully saturated rings. The summed E-state index contributed by atoms with van der Waals surface area (Å²) >= 11 is 6.04. The van der Waals surface area contributed by atoms with Crippen molar-refractivity contribution in [2.24, 2.45) is 0 Å². The first-order valence-electron chi connectivity index (χ1n) is 6.87. The van der Waals surface area contributed by atoms with E-state index in [4.69, 9.17) is 11.6 Å². The fourth-order valence-corrected chi connectivity index (χ4v) is 2.55. The van der Waals surface area contributed by atoms with Crippen LogP contribution >= 0.6 is 11.6 Å². The van der Waals surface area contributed by atoms with Gasteiger partial charge in [0.1, 0.15) is 0 Å². The molecule has 1 unspecified atom stereocenters. The highest BCUT2D eigenvalue weighted by Crippen LogP contribution is 2.27. The molecule has 0 saturated heterocycles. The molecule has 0 aromatic heterocycles. The van der Waals surface area contributed by atoms with E-state index in [-0.39, 0.29) is 6.04 Å². The average Bonchev–Trinajstić information content (AvgIpc) is 2.46. The summed E-state index contributed by atoms with van der Waals surface area (Å²) in [7, 11) is 0. The molecule has 0 amide bonds. The van der Waals surface area contributed by atoms with Gasteiger partial charge in [0.2, 0.25) is 0 Å². The lowest BCUT2D eigenvalue weighted by atomic mass is 10.0. The molecule has 21 heavy (non-hydrogen) atoms. The minimum atomic E-state index is -0.910. The molecular weight excluding hydrogens is 286 g/mol. The Morgan fingerprint density at radius 3 is 2.62 bits per heavy atom. The topological polar surface area (TPSA) is 49.3 Å². The summed E-state index contributed by atoms with van der Waals surface area (Å²) in [4.78, 5) is 11.2. The lowest BCUT2D eigenvalue weighted by Crippen LogP contribution is -2.12. The van der Waals surface area contributed by atoms with Gasteiger partial charge in [-0.25, -0.2) is 4.79 Å². The first-order chi connectivity index (χ1) is 10.0. The Kier molecular flexibility index (Phi) is 4.86. The zero-order valence-electron chi connectivity index (χ0n) is 12.1. The van der Waals surface area contributed by atoms with E-state index in [0.717, 1.165) is 23.2 Å². The van der Waals surface area contributed by atoms with Crippen molar-refractivity contribution in [2.45, 2.75) is 26.3 Å². The predicted octanol–water partition coefficient (Wildman–Crippen LogP) is 4.91. The van der Waals surface area contributed by atoms with Crippen LogP contribution in [-0.4, -0.2) is 11.1 Å². The Hall–Kier alpha value is -2.00. The van der Waals surface area contributed by atoms with Crippen LogP contribution in [0.2, 0.25) is 5.02 Å². The molecule has 2 aromatic carbocycles. The van der Waals surface area contributed by atoms with E-state index in [0.29, 0.717) is 10.6 Å². The number of halogens is 1.